The Morgan fingerprint density at radius 1 is 1.06 bits per heavy atom. The predicted octanol–water partition coefficient (Wildman–Crippen LogP) is 2.99. The third kappa shape index (κ3) is 1.92. The van der Waals surface area contributed by atoms with E-state index in [0.717, 1.165) is 43.8 Å². The van der Waals surface area contributed by atoms with Crippen molar-refractivity contribution >= 4 is 0 Å². The standard InChI is InChI=1S/C16H26O2/c17-15(14-1-2-18-10-14)9-16-6-11-3-12(7-16)5-13(4-11)8-16/h11-15,17H,1-10H2. The molecule has 1 saturated heterocycles. The Labute approximate surface area is 110 Å². The SMILES string of the molecule is OC(CC12CC3CC(CC(C3)C1)C2)C1CCOC1. The highest BCUT2D eigenvalue weighted by Gasteiger charge is 2.51. The minimum atomic E-state index is -0.0938. The molecule has 5 rings (SSSR count). The fourth-order valence-electron chi connectivity index (χ4n) is 6.01. The Morgan fingerprint density at radius 3 is 2.17 bits per heavy atom. The molecule has 2 atom stereocenters. The average Bonchev–Trinajstić information content (AvgIpc) is 2.79. The van der Waals surface area contributed by atoms with Crippen LogP contribution in [-0.4, -0.2) is 24.4 Å². The molecule has 0 aromatic heterocycles. The lowest BCUT2D eigenvalue weighted by molar-refractivity contribution is -0.0834. The first-order valence-electron chi connectivity index (χ1n) is 7.98. The number of hydrogen-bond acceptors (Lipinski definition) is 2. The van der Waals surface area contributed by atoms with E-state index >= 15 is 0 Å². The van der Waals surface area contributed by atoms with E-state index in [1.54, 1.807) is 0 Å². The third-order valence-electron chi connectivity index (χ3n) is 6.32. The number of rotatable bonds is 3. The molecule has 1 aliphatic heterocycles. The lowest BCUT2D eigenvalue weighted by Crippen LogP contribution is -2.48. The van der Waals surface area contributed by atoms with Gasteiger partial charge in [-0.15, -0.1) is 0 Å². The topological polar surface area (TPSA) is 29.5 Å². The largest absolute Gasteiger partial charge is 0.393 e. The summed E-state index contributed by atoms with van der Waals surface area (Å²) in [6.45, 7) is 1.66. The zero-order valence-corrected chi connectivity index (χ0v) is 11.3. The van der Waals surface area contributed by atoms with Crippen molar-refractivity contribution in [3.8, 4) is 0 Å². The number of aliphatic hydroxyl groups is 1. The van der Waals surface area contributed by atoms with Crippen molar-refractivity contribution in [3.05, 3.63) is 0 Å². The molecular weight excluding hydrogens is 224 g/mol. The summed E-state index contributed by atoms with van der Waals surface area (Å²) in [5.74, 6) is 3.44. The second-order valence-corrected chi connectivity index (χ2v) is 7.81. The molecule has 0 amide bonds. The van der Waals surface area contributed by atoms with Gasteiger partial charge in [0.1, 0.15) is 0 Å². The van der Waals surface area contributed by atoms with Crippen molar-refractivity contribution in [2.75, 3.05) is 13.2 Å². The van der Waals surface area contributed by atoms with E-state index in [9.17, 15) is 5.11 Å². The van der Waals surface area contributed by atoms with Crippen molar-refractivity contribution in [2.45, 2.75) is 57.5 Å². The highest BCUT2D eigenvalue weighted by atomic mass is 16.5. The molecule has 0 radical (unpaired) electrons. The molecule has 5 fully saturated rings. The van der Waals surface area contributed by atoms with Crippen molar-refractivity contribution in [3.63, 3.8) is 0 Å². The minimum Gasteiger partial charge on any atom is -0.393 e. The summed E-state index contributed by atoms with van der Waals surface area (Å²) in [6, 6.07) is 0. The van der Waals surface area contributed by atoms with Crippen LogP contribution < -0.4 is 0 Å². The molecule has 4 saturated carbocycles. The Balaban J connectivity index is 1.46. The Bertz CT molecular complexity index is 284. The van der Waals surface area contributed by atoms with E-state index in [1.165, 1.54) is 38.5 Å². The smallest absolute Gasteiger partial charge is 0.0596 e. The van der Waals surface area contributed by atoms with Crippen molar-refractivity contribution in [1.82, 2.24) is 0 Å². The normalized spacial score (nSPS) is 51.8. The van der Waals surface area contributed by atoms with Crippen LogP contribution in [0.2, 0.25) is 0 Å². The fourth-order valence-corrected chi connectivity index (χ4v) is 6.01. The molecule has 102 valence electrons. The predicted molar refractivity (Wildman–Crippen MR) is 70.2 cm³/mol. The average molecular weight is 250 g/mol. The molecule has 1 heterocycles. The van der Waals surface area contributed by atoms with E-state index in [0.29, 0.717) is 11.3 Å². The van der Waals surface area contributed by atoms with Gasteiger partial charge in [-0.05, 0) is 74.5 Å². The van der Waals surface area contributed by atoms with E-state index in [1.807, 2.05) is 0 Å². The Hall–Kier alpha value is -0.0800. The highest BCUT2D eigenvalue weighted by Crippen LogP contribution is 2.61. The molecule has 4 aliphatic carbocycles. The van der Waals surface area contributed by atoms with Gasteiger partial charge in [0.15, 0.2) is 0 Å². The lowest BCUT2D eigenvalue weighted by atomic mass is 9.48. The van der Waals surface area contributed by atoms with Crippen LogP contribution in [0, 0.1) is 29.1 Å². The van der Waals surface area contributed by atoms with Gasteiger partial charge < -0.3 is 9.84 Å². The van der Waals surface area contributed by atoms with Gasteiger partial charge in [0, 0.05) is 12.5 Å². The molecule has 0 aromatic carbocycles. The summed E-state index contributed by atoms with van der Waals surface area (Å²) < 4.78 is 5.44. The van der Waals surface area contributed by atoms with Crippen LogP contribution in [0.15, 0.2) is 0 Å². The summed E-state index contributed by atoms with van der Waals surface area (Å²) in [5.41, 5.74) is 0.525. The molecule has 1 N–H and O–H groups in total. The van der Waals surface area contributed by atoms with Gasteiger partial charge in [0.2, 0.25) is 0 Å². The van der Waals surface area contributed by atoms with Crippen molar-refractivity contribution in [1.29, 1.82) is 0 Å². The number of hydrogen-bond donors (Lipinski definition) is 1. The molecule has 0 spiro atoms. The first kappa shape index (κ1) is 11.7. The maximum atomic E-state index is 10.5. The van der Waals surface area contributed by atoms with Gasteiger partial charge in [-0.3, -0.25) is 0 Å². The van der Waals surface area contributed by atoms with Crippen molar-refractivity contribution < 1.29 is 9.84 Å². The fraction of sp³-hybridized carbons (Fsp3) is 1.00. The molecule has 5 aliphatic rings. The second kappa shape index (κ2) is 4.21. The van der Waals surface area contributed by atoms with Crippen LogP contribution in [0.3, 0.4) is 0 Å². The van der Waals surface area contributed by atoms with Gasteiger partial charge in [0.05, 0.1) is 12.7 Å². The van der Waals surface area contributed by atoms with Crippen LogP contribution in [0.5, 0.6) is 0 Å². The minimum absolute atomic E-state index is 0.0938. The number of aliphatic hydroxyl groups excluding tert-OH is 1. The summed E-state index contributed by atoms with van der Waals surface area (Å²) >= 11 is 0. The summed E-state index contributed by atoms with van der Waals surface area (Å²) in [7, 11) is 0. The quantitative estimate of drug-likeness (QED) is 0.834. The van der Waals surface area contributed by atoms with E-state index in [4.69, 9.17) is 4.74 Å². The van der Waals surface area contributed by atoms with Crippen LogP contribution in [0.1, 0.15) is 51.4 Å². The highest BCUT2D eigenvalue weighted by molar-refractivity contribution is 5.02. The van der Waals surface area contributed by atoms with Crippen molar-refractivity contribution in [2.24, 2.45) is 29.1 Å². The van der Waals surface area contributed by atoms with Gasteiger partial charge in [0.25, 0.3) is 0 Å². The van der Waals surface area contributed by atoms with E-state index in [-0.39, 0.29) is 6.10 Å². The first-order chi connectivity index (χ1) is 8.72. The zero-order valence-electron chi connectivity index (χ0n) is 11.3. The Kier molecular flexibility index (Phi) is 2.74. The van der Waals surface area contributed by atoms with Crippen LogP contribution >= 0.6 is 0 Å². The van der Waals surface area contributed by atoms with Crippen LogP contribution in [0.25, 0.3) is 0 Å². The summed E-state index contributed by atoms with van der Waals surface area (Å²) in [4.78, 5) is 0. The maximum Gasteiger partial charge on any atom is 0.0596 e. The zero-order chi connectivity index (χ0) is 12.2. The summed E-state index contributed by atoms with van der Waals surface area (Å²) in [5, 5.41) is 10.5. The first-order valence-corrected chi connectivity index (χ1v) is 7.98. The van der Waals surface area contributed by atoms with E-state index in [2.05, 4.69) is 0 Å². The molecule has 2 nitrogen and oxygen atoms in total. The molecular formula is C16H26O2. The maximum absolute atomic E-state index is 10.5. The lowest BCUT2D eigenvalue weighted by Gasteiger charge is -2.57. The van der Waals surface area contributed by atoms with Gasteiger partial charge in [-0.2, -0.15) is 0 Å². The molecule has 2 unspecified atom stereocenters. The summed E-state index contributed by atoms with van der Waals surface area (Å²) in [6.07, 6.45) is 10.8. The number of ether oxygens (including phenoxy) is 1. The third-order valence-corrected chi connectivity index (χ3v) is 6.32. The van der Waals surface area contributed by atoms with E-state index < -0.39 is 0 Å². The van der Waals surface area contributed by atoms with Gasteiger partial charge >= 0.3 is 0 Å². The molecule has 2 heteroatoms. The molecule has 4 bridgehead atoms. The van der Waals surface area contributed by atoms with Crippen LogP contribution in [0.4, 0.5) is 0 Å². The molecule has 0 aromatic rings. The second-order valence-electron chi connectivity index (χ2n) is 7.81. The van der Waals surface area contributed by atoms with Crippen LogP contribution in [-0.2, 0) is 4.74 Å². The monoisotopic (exact) mass is 250 g/mol. The van der Waals surface area contributed by atoms with Gasteiger partial charge in [-0.1, -0.05) is 0 Å². The van der Waals surface area contributed by atoms with Gasteiger partial charge in [-0.25, -0.2) is 0 Å². The molecule has 18 heavy (non-hydrogen) atoms. The Morgan fingerprint density at radius 2 is 1.67 bits per heavy atom.